The second-order valence-electron chi connectivity index (χ2n) is 9.00. The van der Waals surface area contributed by atoms with Crippen LogP contribution >= 0.6 is 15.9 Å². The van der Waals surface area contributed by atoms with Gasteiger partial charge in [-0.3, -0.25) is 0 Å². The Morgan fingerprint density at radius 2 is 1.73 bits per heavy atom. The van der Waals surface area contributed by atoms with Crippen LogP contribution in [-0.2, 0) is 13.2 Å². The number of hydrogen-bond donors (Lipinski definition) is 1. The SMILES string of the molecule is Cc1cccc(COc2ccc(Br)cc2CNC(C)(C)CC(C)(C)C)c1. The van der Waals surface area contributed by atoms with E-state index in [-0.39, 0.29) is 11.0 Å². The first-order valence-electron chi connectivity index (χ1n) is 9.26. The lowest BCUT2D eigenvalue weighted by molar-refractivity contribution is 0.238. The van der Waals surface area contributed by atoms with Crippen molar-refractivity contribution in [2.45, 2.75) is 66.7 Å². The number of hydrogen-bond acceptors (Lipinski definition) is 2. The van der Waals surface area contributed by atoms with Gasteiger partial charge in [0.05, 0.1) is 0 Å². The first-order valence-corrected chi connectivity index (χ1v) is 10.1. The lowest BCUT2D eigenvalue weighted by Crippen LogP contribution is -2.41. The molecule has 2 aromatic carbocycles. The summed E-state index contributed by atoms with van der Waals surface area (Å²) in [6, 6.07) is 14.7. The molecular formula is C23H32BrNO. The molecule has 0 amide bonds. The van der Waals surface area contributed by atoms with E-state index in [9.17, 15) is 0 Å². The Kier molecular flexibility index (Phi) is 6.92. The van der Waals surface area contributed by atoms with Crippen LogP contribution < -0.4 is 10.1 Å². The quantitative estimate of drug-likeness (QED) is 0.544. The van der Waals surface area contributed by atoms with E-state index in [0.29, 0.717) is 6.61 Å². The molecule has 0 unspecified atom stereocenters. The molecule has 0 spiro atoms. The van der Waals surface area contributed by atoms with Crippen molar-refractivity contribution in [1.82, 2.24) is 5.32 Å². The molecule has 0 radical (unpaired) electrons. The van der Waals surface area contributed by atoms with Crippen molar-refractivity contribution in [1.29, 1.82) is 0 Å². The Morgan fingerprint density at radius 1 is 1.00 bits per heavy atom. The second-order valence-corrected chi connectivity index (χ2v) is 9.92. The fraction of sp³-hybridized carbons (Fsp3) is 0.478. The van der Waals surface area contributed by atoms with Crippen LogP contribution in [0.15, 0.2) is 46.9 Å². The molecule has 0 atom stereocenters. The van der Waals surface area contributed by atoms with E-state index in [2.05, 4.69) is 93.1 Å². The average Bonchev–Trinajstić information content (AvgIpc) is 2.50. The van der Waals surface area contributed by atoms with Crippen LogP contribution in [0.3, 0.4) is 0 Å². The molecule has 0 bridgehead atoms. The van der Waals surface area contributed by atoms with Crippen LogP contribution in [0.1, 0.15) is 57.7 Å². The van der Waals surface area contributed by atoms with Crippen molar-refractivity contribution in [3.8, 4) is 5.75 Å². The zero-order chi connectivity index (χ0) is 19.4. The van der Waals surface area contributed by atoms with Gasteiger partial charge in [0.25, 0.3) is 0 Å². The Balaban J connectivity index is 2.07. The van der Waals surface area contributed by atoms with Gasteiger partial charge in [-0.2, -0.15) is 0 Å². The fourth-order valence-corrected chi connectivity index (χ4v) is 3.92. The summed E-state index contributed by atoms with van der Waals surface area (Å²) < 4.78 is 7.21. The normalized spacial score (nSPS) is 12.3. The zero-order valence-corrected chi connectivity index (χ0v) is 18.5. The third-order valence-electron chi connectivity index (χ3n) is 4.23. The van der Waals surface area contributed by atoms with Crippen molar-refractivity contribution in [2.75, 3.05) is 0 Å². The minimum atomic E-state index is 0.0639. The first kappa shape index (κ1) is 21.0. The predicted octanol–water partition coefficient (Wildman–Crippen LogP) is 6.64. The molecule has 2 aromatic rings. The zero-order valence-electron chi connectivity index (χ0n) is 16.9. The molecule has 2 nitrogen and oxygen atoms in total. The fourth-order valence-electron chi connectivity index (χ4n) is 3.51. The van der Waals surface area contributed by atoms with Crippen LogP contribution in [0.2, 0.25) is 0 Å². The summed E-state index contributed by atoms with van der Waals surface area (Å²) in [7, 11) is 0. The number of rotatable bonds is 7. The average molecular weight is 418 g/mol. The van der Waals surface area contributed by atoms with Crippen molar-refractivity contribution < 1.29 is 4.74 Å². The van der Waals surface area contributed by atoms with Gasteiger partial charge >= 0.3 is 0 Å². The topological polar surface area (TPSA) is 21.3 Å². The molecule has 2 rings (SSSR count). The van der Waals surface area contributed by atoms with E-state index in [1.165, 1.54) is 16.7 Å². The minimum Gasteiger partial charge on any atom is -0.489 e. The van der Waals surface area contributed by atoms with Gasteiger partial charge in [-0.25, -0.2) is 0 Å². The van der Waals surface area contributed by atoms with Gasteiger partial charge in [0.1, 0.15) is 12.4 Å². The van der Waals surface area contributed by atoms with E-state index in [1.807, 2.05) is 12.1 Å². The molecule has 0 fully saturated rings. The van der Waals surface area contributed by atoms with Gasteiger partial charge in [0.15, 0.2) is 0 Å². The maximum absolute atomic E-state index is 6.14. The van der Waals surface area contributed by atoms with E-state index >= 15 is 0 Å². The Labute approximate surface area is 167 Å². The highest BCUT2D eigenvalue weighted by molar-refractivity contribution is 9.10. The molecular weight excluding hydrogens is 386 g/mol. The van der Waals surface area contributed by atoms with Gasteiger partial charge in [-0.15, -0.1) is 0 Å². The summed E-state index contributed by atoms with van der Waals surface area (Å²) in [4.78, 5) is 0. The number of benzene rings is 2. The number of ether oxygens (including phenoxy) is 1. The van der Waals surface area contributed by atoms with E-state index < -0.39 is 0 Å². The Morgan fingerprint density at radius 3 is 2.38 bits per heavy atom. The number of halogens is 1. The van der Waals surface area contributed by atoms with Gasteiger partial charge < -0.3 is 10.1 Å². The predicted molar refractivity (Wildman–Crippen MR) is 115 cm³/mol. The lowest BCUT2D eigenvalue weighted by atomic mass is 9.82. The summed E-state index contributed by atoms with van der Waals surface area (Å²) in [6.07, 6.45) is 1.10. The van der Waals surface area contributed by atoms with Crippen LogP contribution in [0.5, 0.6) is 5.75 Å². The molecule has 0 aliphatic rings. The summed E-state index contributed by atoms with van der Waals surface area (Å²) in [5.41, 5.74) is 3.98. The maximum atomic E-state index is 6.14. The van der Waals surface area contributed by atoms with Crippen LogP contribution in [0.4, 0.5) is 0 Å². The molecule has 142 valence electrons. The molecule has 3 heteroatoms. The Hall–Kier alpha value is -1.32. The third kappa shape index (κ3) is 7.13. The Bertz CT molecular complexity index is 731. The molecule has 0 aliphatic carbocycles. The van der Waals surface area contributed by atoms with Crippen LogP contribution in [0, 0.1) is 12.3 Å². The monoisotopic (exact) mass is 417 g/mol. The van der Waals surface area contributed by atoms with Crippen molar-refractivity contribution in [3.63, 3.8) is 0 Å². The van der Waals surface area contributed by atoms with Gasteiger partial charge in [0, 0.05) is 22.1 Å². The summed E-state index contributed by atoms with van der Waals surface area (Å²) in [5, 5.41) is 3.71. The largest absolute Gasteiger partial charge is 0.489 e. The molecule has 0 saturated carbocycles. The first-order chi connectivity index (χ1) is 12.0. The molecule has 0 aliphatic heterocycles. The highest BCUT2D eigenvalue weighted by atomic mass is 79.9. The minimum absolute atomic E-state index is 0.0639. The van der Waals surface area contributed by atoms with Crippen LogP contribution in [-0.4, -0.2) is 5.54 Å². The van der Waals surface area contributed by atoms with Gasteiger partial charge in [-0.1, -0.05) is 66.5 Å². The highest BCUT2D eigenvalue weighted by Gasteiger charge is 2.25. The van der Waals surface area contributed by atoms with E-state index in [1.54, 1.807) is 0 Å². The summed E-state index contributed by atoms with van der Waals surface area (Å²) in [6.45, 7) is 14.9. The van der Waals surface area contributed by atoms with Gasteiger partial charge in [-0.05, 0) is 56.4 Å². The van der Waals surface area contributed by atoms with Crippen molar-refractivity contribution >= 4 is 15.9 Å². The standard InChI is InChI=1S/C23H32BrNO/c1-17-8-7-9-18(12-17)15-26-21-11-10-20(24)13-19(21)14-25-23(5,6)16-22(2,3)4/h7-13,25H,14-16H2,1-6H3. The van der Waals surface area contributed by atoms with E-state index in [4.69, 9.17) is 4.74 Å². The van der Waals surface area contributed by atoms with E-state index in [0.717, 1.165) is 23.2 Å². The third-order valence-corrected chi connectivity index (χ3v) is 4.72. The molecule has 1 N–H and O–H groups in total. The van der Waals surface area contributed by atoms with Crippen LogP contribution in [0.25, 0.3) is 0 Å². The molecule has 0 aromatic heterocycles. The molecule has 26 heavy (non-hydrogen) atoms. The second kappa shape index (κ2) is 8.58. The lowest BCUT2D eigenvalue weighted by Gasteiger charge is -2.33. The molecule has 0 saturated heterocycles. The van der Waals surface area contributed by atoms with Gasteiger partial charge in [0.2, 0.25) is 0 Å². The summed E-state index contributed by atoms with van der Waals surface area (Å²) >= 11 is 3.59. The highest BCUT2D eigenvalue weighted by Crippen LogP contribution is 2.29. The molecule has 0 heterocycles. The van der Waals surface area contributed by atoms with Crippen molar-refractivity contribution in [2.24, 2.45) is 5.41 Å². The maximum Gasteiger partial charge on any atom is 0.124 e. The van der Waals surface area contributed by atoms with Crippen molar-refractivity contribution in [3.05, 3.63) is 63.6 Å². The number of nitrogens with one attached hydrogen (secondary N) is 1. The number of aryl methyl sites for hydroxylation is 1. The summed E-state index contributed by atoms with van der Waals surface area (Å²) in [5.74, 6) is 0.939. The smallest absolute Gasteiger partial charge is 0.124 e.